The summed E-state index contributed by atoms with van der Waals surface area (Å²) in [6.07, 6.45) is 3.85. The molecule has 0 amide bonds. The predicted octanol–water partition coefficient (Wildman–Crippen LogP) is -0.0756. The third-order valence-corrected chi connectivity index (χ3v) is 1.60. The van der Waals surface area contributed by atoms with Crippen LogP contribution in [0.4, 0.5) is 0 Å². The summed E-state index contributed by atoms with van der Waals surface area (Å²) in [6, 6.07) is 0. The lowest BCUT2D eigenvalue weighted by Gasteiger charge is -2.02. The number of rotatable bonds is 8. The standard InChI is InChI=1S/C8H21N3/c1-10-6-3-2-4-7-11-8-5-9/h10-11H,2-9H2,1H3. The van der Waals surface area contributed by atoms with Gasteiger partial charge in [-0.15, -0.1) is 0 Å². The molecule has 0 bridgehead atoms. The largest absolute Gasteiger partial charge is 0.329 e. The van der Waals surface area contributed by atoms with E-state index < -0.39 is 0 Å². The zero-order valence-electron chi connectivity index (χ0n) is 7.53. The number of hydrogen-bond donors (Lipinski definition) is 3. The van der Waals surface area contributed by atoms with Crippen LogP contribution in [-0.4, -0.2) is 33.2 Å². The van der Waals surface area contributed by atoms with E-state index >= 15 is 0 Å². The van der Waals surface area contributed by atoms with Crippen LogP contribution >= 0.6 is 0 Å². The van der Waals surface area contributed by atoms with E-state index in [0.29, 0.717) is 0 Å². The molecule has 0 aliphatic rings. The molecule has 0 fully saturated rings. The van der Waals surface area contributed by atoms with E-state index in [-0.39, 0.29) is 0 Å². The summed E-state index contributed by atoms with van der Waals surface area (Å²) in [4.78, 5) is 0. The summed E-state index contributed by atoms with van der Waals surface area (Å²) in [6.45, 7) is 3.94. The Morgan fingerprint density at radius 2 is 1.73 bits per heavy atom. The molecule has 4 N–H and O–H groups in total. The van der Waals surface area contributed by atoms with Crippen LogP contribution < -0.4 is 16.4 Å². The number of nitrogens with one attached hydrogen (secondary N) is 2. The van der Waals surface area contributed by atoms with Crippen molar-refractivity contribution in [1.82, 2.24) is 10.6 Å². The Balaban J connectivity index is 2.69. The molecule has 68 valence electrons. The molecule has 0 aromatic rings. The van der Waals surface area contributed by atoms with Gasteiger partial charge in [-0.2, -0.15) is 0 Å². The summed E-state index contributed by atoms with van der Waals surface area (Å²) in [5.41, 5.74) is 5.32. The second-order valence-corrected chi connectivity index (χ2v) is 2.70. The maximum atomic E-state index is 5.32. The highest BCUT2D eigenvalue weighted by molar-refractivity contribution is 4.49. The van der Waals surface area contributed by atoms with Crippen molar-refractivity contribution in [3.63, 3.8) is 0 Å². The normalized spacial score (nSPS) is 10.4. The Morgan fingerprint density at radius 3 is 2.36 bits per heavy atom. The zero-order chi connectivity index (χ0) is 8.36. The van der Waals surface area contributed by atoms with Crippen LogP contribution in [0.1, 0.15) is 19.3 Å². The Morgan fingerprint density at radius 1 is 1.00 bits per heavy atom. The fourth-order valence-corrected chi connectivity index (χ4v) is 0.956. The van der Waals surface area contributed by atoms with Gasteiger partial charge in [-0.25, -0.2) is 0 Å². The molecule has 0 aromatic carbocycles. The van der Waals surface area contributed by atoms with Crippen molar-refractivity contribution >= 4 is 0 Å². The summed E-state index contributed by atoms with van der Waals surface area (Å²) < 4.78 is 0. The van der Waals surface area contributed by atoms with E-state index in [1.807, 2.05) is 7.05 Å². The van der Waals surface area contributed by atoms with Crippen molar-refractivity contribution in [2.75, 3.05) is 33.2 Å². The first kappa shape index (κ1) is 10.9. The minimum atomic E-state index is 0.747. The van der Waals surface area contributed by atoms with E-state index in [0.717, 1.165) is 26.2 Å². The quantitative estimate of drug-likeness (QED) is 0.434. The van der Waals surface area contributed by atoms with Gasteiger partial charge in [0.2, 0.25) is 0 Å². The Kier molecular flexibility index (Phi) is 9.77. The second-order valence-electron chi connectivity index (χ2n) is 2.70. The molecule has 0 aromatic heterocycles. The SMILES string of the molecule is CNCCCCCNCCN. The summed E-state index contributed by atoms with van der Waals surface area (Å²) in [7, 11) is 1.99. The minimum absolute atomic E-state index is 0.747. The maximum Gasteiger partial charge on any atom is 0.00745 e. The van der Waals surface area contributed by atoms with Crippen LogP contribution in [0.5, 0.6) is 0 Å². The van der Waals surface area contributed by atoms with Crippen molar-refractivity contribution in [1.29, 1.82) is 0 Å². The van der Waals surface area contributed by atoms with Crippen LogP contribution in [0.25, 0.3) is 0 Å². The molecule has 0 spiro atoms. The van der Waals surface area contributed by atoms with Gasteiger partial charge in [0.05, 0.1) is 0 Å². The van der Waals surface area contributed by atoms with E-state index in [9.17, 15) is 0 Å². The average molecular weight is 159 g/mol. The molecule has 0 unspecified atom stereocenters. The first-order valence-corrected chi connectivity index (χ1v) is 4.47. The van der Waals surface area contributed by atoms with Gasteiger partial charge in [-0.05, 0) is 33.0 Å². The van der Waals surface area contributed by atoms with Crippen LogP contribution in [0.2, 0.25) is 0 Å². The molecule has 3 heteroatoms. The summed E-state index contributed by atoms with van der Waals surface area (Å²) >= 11 is 0. The first-order valence-electron chi connectivity index (χ1n) is 4.47. The lowest BCUT2D eigenvalue weighted by molar-refractivity contribution is 0.593. The van der Waals surface area contributed by atoms with Gasteiger partial charge in [-0.1, -0.05) is 6.42 Å². The lowest BCUT2D eigenvalue weighted by atomic mass is 10.2. The third kappa shape index (κ3) is 9.88. The van der Waals surface area contributed by atoms with Gasteiger partial charge in [-0.3, -0.25) is 0 Å². The lowest BCUT2D eigenvalue weighted by Crippen LogP contribution is -2.23. The van der Waals surface area contributed by atoms with E-state index in [2.05, 4.69) is 10.6 Å². The monoisotopic (exact) mass is 159 g/mol. The van der Waals surface area contributed by atoms with Crippen molar-refractivity contribution in [2.45, 2.75) is 19.3 Å². The van der Waals surface area contributed by atoms with Gasteiger partial charge in [0, 0.05) is 13.1 Å². The Hall–Kier alpha value is -0.120. The fourth-order valence-electron chi connectivity index (χ4n) is 0.956. The van der Waals surface area contributed by atoms with Crippen LogP contribution in [0.3, 0.4) is 0 Å². The fraction of sp³-hybridized carbons (Fsp3) is 1.00. The first-order chi connectivity index (χ1) is 5.41. The molecule has 0 saturated carbocycles. The third-order valence-electron chi connectivity index (χ3n) is 1.60. The van der Waals surface area contributed by atoms with E-state index in [4.69, 9.17) is 5.73 Å². The van der Waals surface area contributed by atoms with Gasteiger partial charge in [0.15, 0.2) is 0 Å². The highest BCUT2D eigenvalue weighted by Crippen LogP contribution is 1.91. The van der Waals surface area contributed by atoms with Gasteiger partial charge < -0.3 is 16.4 Å². The topological polar surface area (TPSA) is 50.1 Å². The van der Waals surface area contributed by atoms with Crippen LogP contribution in [-0.2, 0) is 0 Å². The van der Waals surface area contributed by atoms with Gasteiger partial charge >= 0.3 is 0 Å². The maximum absolute atomic E-state index is 5.32. The van der Waals surface area contributed by atoms with Crippen molar-refractivity contribution in [2.24, 2.45) is 5.73 Å². The van der Waals surface area contributed by atoms with Gasteiger partial charge in [0.1, 0.15) is 0 Å². The smallest absolute Gasteiger partial charge is 0.00745 e. The summed E-state index contributed by atoms with van der Waals surface area (Å²) in [5.74, 6) is 0. The molecule has 0 atom stereocenters. The predicted molar refractivity (Wildman–Crippen MR) is 49.7 cm³/mol. The summed E-state index contributed by atoms with van der Waals surface area (Å²) in [5, 5.41) is 6.40. The minimum Gasteiger partial charge on any atom is -0.329 e. The average Bonchev–Trinajstić information content (AvgIpc) is 2.03. The van der Waals surface area contributed by atoms with Crippen molar-refractivity contribution in [3.05, 3.63) is 0 Å². The molecule has 0 aliphatic carbocycles. The molecular formula is C8H21N3. The molecule has 0 aliphatic heterocycles. The van der Waals surface area contributed by atoms with Crippen LogP contribution in [0, 0.1) is 0 Å². The Bertz CT molecular complexity index is 58.4. The molecule has 0 rings (SSSR count). The number of unbranched alkanes of at least 4 members (excludes halogenated alkanes) is 2. The molecule has 0 saturated heterocycles. The number of nitrogens with two attached hydrogens (primary N) is 1. The molecule has 11 heavy (non-hydrogen) atoms. The van der Waals surface area contributed by atoms with Crippen LogP contribution in [0.15, 0.2) is 0 Å². The number of hydrogen-bond acceptors (Lipinski definition) is 3. The van der Waals surface area contributed by atoms with Crippen molar-refractivity contribution < 1.29 is 0 Å². The molecular weight excluding hydrogens is 138 g/mol. The zero-order valence-corrected chi connectivity index (χ0v) is 7.53. The highest BCUT2D eigenvalue weighted by Gasteiger charge is 1.87. The highest BCUT2D eigenvalue weighted by atomic mass is 14.9. The van der Waals surface area contributed by atoms with E-state index in [1.165, 1.54) is 19.3 Å². The molecule has 3 nitrogen and oxygen atoms in total. The van der Waals surface area contributed by atoms with Crippen molar-refractivity contribution in [3.8, 4) is 0 Å². The van der Waals surface area contributed by atoms with Gasteiger partial charge in [0.25, 0.3) is 0 Å². The Labute approximate surface area is 69.7 Å². The van der Waals surface area contributed by atoms with E-state index in [1.54, 1.807) is 0 Å². The molecule has 0 heterocycles. The second kappa shape index (κ2) is 9.88. The molecule has 0 radical (unpaired) electrons.